The Morgan fingerprint density at radius 1 is 1.10 bits per heavy atom. The van der Waals surface area contributed by atoms with E-state index in [2.05, 4.69) is 25.7 Å². The minimum atomic E-state index is -0.0976. The van der Waals surface area contributed by atoms with Crippen LogP contribution < -0.4 is 5.32 Å². The molecule has 3 heterocycles. The summed E-state index contributed by atoms with van der Waals surface area (Å²) < 4.78 is 10.4. The number of hydrogen-bond acceptors (Lipinski definition) is 8. The third-order valence-electron chi connectivity index (χ3n) is 4.32. The Hall–Kier alpha value is -3.33. The van der Waals surface area contributed by atoms with Gasteiger partial charge >= 0.3 is 0 Å². The normalized spacial score (nSPS) is 10.9. The standard InChI is InChI=1S/C20H19N5O3S/c26-19(14-7-9-15(10-8-14)20-24-22-13-27-20)21-11-3-1-2-6-17-23-18(25-28-17)16-5-4-12-29-16/h4-5,7-10,12-13H,1-3,6,11H2,(H,21,26). The Morgan fingerprint density at radius 3 is 2.76 bits per heavy atom. The quantitative estimate of drug-likeness (QED) is 0.416. The van der Waals surface area contributed by atoms with Gasteiger partial charge in [0.2, 0.25) is 24.0 Å². The Bertz CT molecular complexity index is 1030. The van der Waals surface area contributed by atoms with Crippen LogP contribution in [0.2, 0.25) is 0 Å². The molecule has 0 aliphatic rings. The van der Waals surface area contributed by atoms with Gasteiger partial charge in [-0.2, -0.15) is 4.98 Å². The Labute approximate surface area is 171 Å². The zero-order valence-electron chi connectivity index (χ0n) is 15.6. The molecule has 0 radical (unpaired) electrons. The fraction of sp³-hybridized carbons (Fsp3) is 0.250. The first-order chi connectivity index (χ1) is 14.3. The van der Waals surface area contributed by atoms with Gasteiger partial charge in [-0.15, -0.1) is 21.5 Å². The van der Waals surface area contributed by atoms with E-state index in [9.17, 15) is 4.79 Å². The molecule has 4 aromatic rings. The van der Waals surface area contributed by atoms with Crippen LogP contribution >= 0.6 is 11.3 Å². The summed E-state index contributed by atoms with van der Waals surface area (Å²) in [4.78, 5) is 17.6. The average Bonchev–Trinajstić information content (AvgIpc) is 3.52. The Kier molecular flexibility index (Phi) is 6.06. The molecule has 0 fully saturated rings. The summed E-state index contributed by atoms with van der Waals surface area (Å²) in [7, 11) is 0. The van der Waals surface area contributed by atoms with Crippen molar-refractivity contribution in [2.24, 2.45) is 0 Å². The first-order valence-corrected chi connectivity index (χ1v) is 10.2. The molecule has 0 saturated heterocycles. The molecule has 0 aliphatic heterocycles. The summed E-state index contributed by atoms with van der Waals surface area (Å²) >= 11 is 1.59. The van der Waals surface area contributed by atoms with Gasteiger partial charge in [-0.1, -0.05) is 17.6 Å². The molecule has 148 valence electrons. The number of nitrogens with zero attached hydrogens (tertiary/aromatic N) is 4. The van der Waals surface area contributed by atoms with Crippen LogP contribution in [0.4, 0.5) is 0 Å². The number of hydrogen-bond donors (Lipinski definition) is 1. The number of aryl methyl sites for hydroxylation is 1. The van der Waals surface area contributed by atoms with Gasteiger partial charge in [-0.25, -0.2) is 0 Å². The van der Waals surface area contributed by atoms with E-state index in [-0.39, 0.29) is 5.91 Å². The molecule has 9 heteroatoms. The monoisotopic (exact) mass is 409 g/mol. The predicted molar refractivity (Wildman–Crippen MR) is 107 cm³/mol. The molecule has 1 amide bonds. The first kappa shape index (κ1) is 19.0. The third kappa shape index (κ3) is 4.94. The molecule has 0 saturated carbocycles. The zero-order valence-corrected chi connectivity index (χ0v) is 16.4. The van der Waals surface area contributed by atoms with Crippen LogP contribution in [0.1, 0.15) is 35.5 Å². The number of carbonyl (C=O) groups excluding carboxylic acids is 1. The van der Waals surface area contributed by atoms with Crippen LogP contribution in [0.25, 0.3) is 22.2 Å². The molecule has 0 aliphatic carbocycles. The highest BCUT2D eigenvalue weighted by molar-refractivity contribution is 7.13. The van der Waals surface area contributed by atoms with E-state index < -0.39 is 0 Å². The second-order valence-electron chi connectivity index (χ2n) is 6.38. The molecule has 1 N–H and O–H groups in total. The minimum absolute atomic E-state index is 0.0976. The maximum atomic E-state index is 12.2. The lowest BCUT2D eigenvalue weighted by Crippen LogP contribution is -2.24. The Balaban J connectivity index is 1.15. The second-order valence-corrected chi connectivity index (χ2v) is 7.32. The molecule has 8 nitrogen and oxygen atoms in total. The maximum absolute atomic E-state index is 12.2. The van der Waals surface area contributed by atoms with E-state index >= 15 is 0 Å². The molecule has 0 spiro atoms. The van der Waals surface area contributed by atoms with Crippen LogP contribution in [0.15, 0.2) is 57.1 Å². The minimum Gasteiger partial charge on any atom is -0.423 e. The maximum Gasteiger partial charge on any atom is 0.251 e. The van der Waals surface area contributed by atoms with E-state index in [1.54, 1.807) is 35.6 Å². The van der Waals surface area contributed by atoms with Gasteiger partial charge in [-0.3, -0.25) is 4.79 Å². The predicted octanol–water partition coefficient (Wildman–Crippen LogP) is 3.99. The molecule has 0 unspecified atom stereocenters. The summed E-state index contributed by atoms with van der Waals surface area (Å²) in [6.45, 7) is 0.620. The van der Waals surface area contributed by atoms with Crippen molar-refractivity contribution in [1.82, 2.24) is 25.7 Å². The number of carbonyl (C=O) groups is 1. The van der Waals surface area contributed by atoms with Crippen LogP contribution in [-0.4, -0.2) is 32.8 Å². The summed E-state index contributed by atoms with van der Waals surface area (Å²) in [5, 5.41) is 16.4. The summed E-state index contributed by atoms with van der Waals surface area (Å²) in [6.07, 6.45) is 4.80. The number of amides is 1. The van der Waals surface area contributed by atoms with Gasteiger partial charge in [0.15, 0.2) is 0 Å². The number of aromatic nitrogens is 4. The molecule has 0 atom stereocenters. The highest BCUT2D eigenvalue weighted by Gasteiger charge is 2.10. The van der Waals surface area contributed by atoms with Crippen molar-refractivity contribution in [2.45, 2.75) is 25.7 Å². The van der Waals surface area contributed by atoms with E-state index in [0.29, 0.717) is 29.7 Å². The Morgan fingerprint density at radius 2 is 2.00 bits per heavy atom. The fourth-order valence-corrected chi connectivity index (χ4v) is 3.46. The topological polar surface area (TPSA) is 107 Å². The highest BCUT2D eigenvalue weighted by atomic mass is 32.1. The van der Waals surface area contributed by atoms with Crippen molar-refractivity contribution >= 4 is 17.2 Å². The molecular weight excluding hydrogens is 390 g/mol. The smallest absolute Gasteiger partial charge is 0.251 e. The van der Waals surface area contributed by atoms with Gasteiger partial charge in [0.25, 0.3) is 5.91 Å². The lowest BCUT2D eigenvalue weighted by Gasteiger charge is -2.05. The lowest BCUT2D eigenvalue weighted by atomic mass is 10.1. The van der Waals surface area contributed by atoms with E-state index in [1.807, 2.05) is 17.5 Å². The highest BCUT2D eigenvalue weighted by Crippen LogP contribution is 2.21. The number of thiophene rings is 1. The van der Waals surface area contributed by atoms with Crippen molar-refractivity contribution in [1.29, 1.82) is 0 Å². The molecule has 4 rings (SSSR count). The SMILES string of the molecule is O=C(NCCCCCc1nc(-c2cccs2)no1)c1ccc(-c2nnco2)cc1. The van der Waals surface area contributed by atoms with Crippen molar-refractivity contribution < 1.29 is 13.7 Å². The summed E-state index contributed by atoms with van der Waals surface area (Å²) in [5.41, 5.74) is 1.38. The summed E-state index contributed by atoms with van der Waals surface area (Å²) in [6, 6.07) is 11.0. The molecular formula is C20H19N5O3S. The van der Waals surface area contributed by atoms with Crippen molar-refractivity contribution in [3.8, 4) is 22.2 Å². The van der Waals surface area contributed by atoms with Crippen molar-refractivity contribution in [3.63, 3.8) is 0 Å². The van der Waals surface area contributed by atoms with Crippen molar-refractivity contribution in [3.05, 3.63) is 59.6 Å². The van der Waals surface area contributed by atoms with Crippen LogP contribution in [0, 0.1) is 0 Å². The third-order valence-corrected chi connectivity index (χ3v) is 5.18. The first-order valence-electron chi connectivity index (χ1n) is 9.31. The molecule has 29 heavy (non-hydrogen) atoms. The number of unbranched alkanes of at least 4 members (excludes halogenated alkanes) is 2. The van der Waals surface area contributed by atoms with Gasteiger partial charge in [0.1, 0.15) is 0 Å². The van der Waals surface area contributed by atoms with E-state index in [0.717, 1.165) is 36.1 Å². The average molecular weight is 409 g/mol. The summed E-state index contributed by atoms with van der Waals surface area (Å²) in [5.74, 6) is 1.63. The number of benzene rings is 1. The second kappa shape index (κ2) is 9.24. The van der Waals surface area contributed by atoms with Crippen LogP contribution in [-0.2, 0) is 6.42 Å². The largest absolute Gasteiger partial charge is 0.423 e. The lowest BCUT2D eigenvalue weighted by molar-refractivity contribution is 0.0953. The number of rotatable bonds is 9. The molecule has 3 aromatic heterocycles. The van der Waals surface area contributed by atoms with Gasteiger partial charge in [0, 0.05) is 24.1 Å². The zero-order chi connectivity index (χ0) is 19.9. The number of nitrogens with one attached hydrogen (secondary N) is 1. The van der Waals surface area contributed by atoms with Gasteiger partial charge in [0.05, 0.1) is 4.88 Å². The van der Waals surface area contributed by atoms with Crippen molar-refractivity contribution in [2.75, 3.05) is 6.54 Å². The van der Waals surface area contributed by atoms with Crippen LogP contribution in [0.3, 0.4) is 0 Å². The fourth-order valence-electron chi connectivity index (χ4n) is 2.81. The molecule has 0 bridgehead atoms. The van der Waals surface area contributed by atoms with Gasteiger partial charge < -0.3 is 14.3 Å². The van der Waals surface area contributed by atoms with Crippen LogP contribution in [0.5, 0.6) is 0 Å². The van der Waals surface area contributed by atoms with E-state index in [4.69, 9.17) is 8.94 Å². The van der Waals surface area contributed by atoms with Gasteiger partial charge in [-0.05, 0) is 48.6 Å². The van der Waals surface area contributed by atoms with E-state index in [1.165, 1.54) is 6.39 Å². The molecule has 1 aromatic carbocycles.